The van der Waals surface area contributed by atoms with E-state index in [0.29, 0.717) is 35.3 Å². The fraction of sp³-hybridized carbons (Fsp3) is 0.158. The lowest BCUT2D eigenvalue weighted by molar-refractivity contribution is -0.136. The molecule has 0 saturated heterocycles. The van der Waals surface area contributed by atoms with Gasteiger partial charge >= 0.3 is 5.97 Å². The molecular formula is C19H15ClO5. The lowest BCUT2D eigenvalue weighted by Gasteiger charge is -2.18. The minimum absolute atomic E-state index is 0.327. The van der Waals surface area contributed by atoms with Crippen LogP contribution >= 0.6 is 11.6 Å². The van der Waals surface area contributed by atoms with E-state index in [4.69, 9.17) is 25.8 Å². The molecule has 0 bridgehead atoms. The van der Waals surface area contributed by atoms with Gasteiger partial charge in [0.1, 0.15) is 13.2 Å². The second-order valence-electron chi connectivity index (χ2n) is 5.25. The molecule has 1 heterocycles. The molecule has 1 aliphatic rings. The van der Waals surface area contributed by atoms with Gasteiger partial charge in [0, 0.05) is 11.6 Å². The van der Waals surface area contributed by atoms with Crippen molar-refractivity contribution in [2.45, 2.75) is 0 Å². The fourth-order valence-electron chi connectivity index (χ4n) is 2.28. The molecule has 0 fully saturated rings. The van der Waals surface area contributed by atoms with Gasteiger partial charge in [0.15, 0.2) is 18.1 Å². The van der Waals surface area contributed by atoms with Crippen molar-refractivity contribution in [1.29, 1.82) is 0 Å². The van der Waals surface area contributed by atoms with E-state index in [1.807, 2.05) is 0 Å². The van der Waals surface area contributed by atoms with Crippen molar-refractivity contribution in [2.75, 3.05) is 19.8 Å². The van der Waals surface area contributed by atoms with Crippen LogP contribution in [-0.2, 0) is 9.53 Å². The minimum atomic E-state index is -0.615. The van der Waals surface area contributed by atoms with Crippen molar-refractivity contribution in [2.24, 2.45) is 0 Å². The first-order chi connectivity index (χ1) is 12.1. The summed E-state index contributed by atoms with van der Waals surface area (Å²) in [7, 11) is 0. The Hall–Kier alpha value is -2.79. The largest absolute Gasteiger partial charge is 0.486 e. The van der Waals surface area contributed by atoms with Crippen molar-refractivity contribution in [1.82, 2.24) is 0 Å². The summed E-state index contributed by atoms with van der Waals surface area (Å²) in [5.41, 5.74) is 1.09. The number of hydrogen-bond acceptors (Lipinski definition) is 5. The second kappa shape index (κ2) is 7.85. The molecule has 0 saturated carbocycles. The van der Waals surface area contributed by atoms with E-state index in [1.54, 1.807) is 48.5 Å². The Kier molecular flexibility index (Phi) is 5.36. The first-order valence-corrected chi connectivity index (χ1v) is 8.03. The molecule has 128 valence electrons. The van der Waals surface area contributed by atoms with Crippen molar-refractivity contribution < 1.29 is 23.8 Å². The van der Waals surface area contributed by atoms with Crippen LogP contribution in [-0.4, -0.2) is 31.6 Å². The number of ketones is 1. The Morgan fingerprint density at radius 3 is 2.64 bits per heavy atom. The van der Waals surface area contributed by atoms with Gasteiger partial charge in [0.05, 0.1) is 5.02 Å². The molecule has 0 radical (unpaired) electrons. The highest BCUT2D eigenvalue weighted by molar-refractivity contribution is 6.34. The zero-order valence-electron chi connectivity index (χ0n) is 13.2. The van der Waals surface area contributed by atoms with Crippen molar-refractivity contribution in [3.05, 3.63) is 64.7 Å². The van der Waals surface area contributed by atoms with Crippen LogP contribution in [0.5, 0.6) is 11.5 Å². The average molecular weight is 359 g/mol. The summed E-state index contributed by atoms with van der Waals surface area (Å²) in [4.78, 5) is 23.8. The minimum Gasteiger partial charge on any atom is -0.486 e. The number of halogens is 1. The molecule has 3 rings (SSSR count). The van der Waals surface area contributed by atoms with E-state index in [2.05, 4.69) is 0 Å². The van der Waals surface area contributed by atoms with Gasteiger partial charge in [-0.1, -0.05) is 29.8 Å². The third-order valence-electron chi connectivity index (χ3n) is 3.50. The Morgan fingerprint density at radius 2 is 1.84 bits per heavy atom. The first kappa shape index (κ1) is 17.0. The monoisotopic (exact) mass is 358 g/mol. The predicted molar refractivity (Wildman–Crippen MR) is 93.2 cm³/mol. The zero-order chi connectivity index (χ0) is 17.6. The number of rotatable bonds is 5. The lowest BCUT2D eigenvalue weighted by atomic mass is 10.1. The van der Waals surface area contributed by atoms with Gasteiger partial charge in [-0.2, -0.15) is 0 Å². The highest BCUT2D eigenvalue weighted by Gasteiger charge is 2.12. The number of hydrogen-bond donors (Lipinski definition) is 0. The van der Waals surface area contributed by atoms with Crippen LogP contribution in [0.15, 0.2) is 48.5 Å². The van der Waals surface area contributed by atoms with E-state index in [-0.39, 0.29) is 12.4 Å². The Morgan fingerprint density at radius 1 is 1.08 bits per heavy atom. The van der Waals surface area contributed by atoms with Gasteiger partial charge in [0.2, 0.25) is 5.78 Å². The Labute approximate surface area is 149 Å². The maximum atomic E-state index is 12.0. The summed E-state index contributed by atoms with van der Waals surface area (Å²) in [5, 5.41) is 0.329. The molecule has 5 nitrogen and oxygen atoms in total. The summed E-state index contributed by atoms with van der Waals surface area (Å²) in [5.74, 6) is 0.342. The van der Waals surface area contributed by atoms with Crippen LogP contribution in [0, 0.1) is 0 Å². The fourth-order valence-corrected chi connectivity index (χ4v) is 2.52. The van der Waals surface area contributed by atoms with Gasteiger partial charge in [-0.15, -0.1) is 0 Å². The number of esters is 1. The Balaban J connectivity index is 1.56. The SMILES string of the molecule is O=C(/C=C/c1ccc2c(c1)OCCO2)OCC(=O)c1ccccc1Cl. The van der Waals surface area contributed by atoms with Gasteiger partial charge in [-0.25, -0.2) is 4.79 Å². The van der Waals surface area contributed by atoms with Crippen LogP contribution in [0.4, 0.5) is 0 Å². The summed E-state index contributed by atoms with van der Waals surface area (Å²) in [6.45, 7) is 0.647. The van der Waals surface area contributed by atoms with Crippen molar-refractivity contribution in [3.8, 4) is 11.5 Å². The number of Topliss-reactive ketones (excluding diaryl/α,β-unsaturated/α-hetero) is 1. The molecule has 0 spiro atoms. The van der Waals surface area contributed by atoms with Crippen LogP contribution in [0.2, 0.25) is 5.02 Å². The smallest absolute Gasteiger partial charge is 0.331 e. The highest BCUT2D eigenvalue weighted by Crippen LogP contribution is 2.31. The van der Waals surface area contributed by atoms with Crippen LogP contribution in [0.3, 0.4) is 0 Å². The topological polar surface area (TPSA) is 61.8 Å². The predicted octanol–water partition coefficient (Wildman–Crippen LogP) is 3.55. The molecule has 0 aliphatic carbocycles. The van der Waals surface area contributed by atoms with Crippen LogP contribution < -0.4 is 9.47 Å². The molecule has 0 aromatic heterocycles. The molecule has 2 aromatic rings. The third kappa shape index (κ3) is 4.39. The molecule has 0 amide bonds. The second-order valence-corrected chi connectivity index (χ2v) is 5.65. The maximum Gasteiger partial charge on any atom is 0.331 e. The number of benzene rings is 2. The molecule has 25 heavy (non-hydrogen) atoms. The van der Waals surface area contributed by atoms with Crippen LogP contribution in [0.25, 0.3) is 6.08 Å². The van der Waals surface area contributed by atoms with E-state index >= 15 is 0 Å². The van der Waals surface area contributed by atoms with Crippen molar-refractivity contribution >= 4 is 29.4 Å². The molecule has 0 atom stereocenters. The van der Waals surface area contributed by atoms with Gasteiger partial charge in [-0.3, -0.25) is 4.79 Å². The number of fused-ring (bicyclic) bond motifs is 1. The van der Waals surface area contributed by atoms with E-state index in [1.165, 1.54) is 6.08 Å². The quantitative estimate of drug-likeness (QED) is 0.464. The number of carbonyl (C=O) groups excluding carboxylic acids is 2. The summed E-state index contributed by atoms with van der Waals surface area (Å²) in [6.07, 6.45) is 2.84. The molecule has 2 aromatic carbocycles. The van der Waals surface area contributed by atoms with E-state index in [9.17, 15) is 9.59 Å². The van der Waals surface area contributed by atoms with Gasteiger partial charge < -0.3 is 14.2 Å². The summed E-state index contributed by atoms with van der Waals surface area (Å²) in [6, 6.07) is 12.0. The molecule has 1 aliphatic heterocycles. The van der Waals surface area contributed by atoms with E-state index < -0.39 is 5.97 Å². The Bertz CT molecular complexity index is 828. The van der Waals surface area contributed by atoms with Gasteiger partial charge in [0.25, 0.3) is 0 Å². The van der Waals surface area contributed by atoms with Crippen molar-refractivity contribution in [3.63, 3.8) is 0 Å². The van der Waals surface area contributed by atoms with Gasteiger partial charge in [-0.05, 0) is 35.9 Å². The molecule has 0 unspecified atom stereocenters. The third-order valence-corrected chi connectivity index (χ3v) is 3.83. The lowest BCUT2D eigenvalue weighted by Crippen LogP contribution is -2.15. The van der Waals surface area contributed by atoms with Crippen LogP contribution in [0.1, 0.15) is 15.9 Å². The zero-order valence-corrected chi connectivity index (χ0v) is 14.0. The number of carbonyl (C=O) groups is 2. The number of ether oxygens (including phenoxy) is 3. The standard InChI is InChI=1S/C19H15ClO5/c20-15-4-2-1-3-14(15)16(21)12-25-19(22)8-6-13-5-7-17-18(11-13)24-10-9-23-17/h1-8,11H,9-10,12H2/b8-6+. The normalized spacial score (nSPS) is 12.8. The molecule has 0 N–H and O–H groups in total. The summed E-state index contributed by atoms with van der Waals surface area (Å²) < 4.78 is 15.9. The molecule has 6 heteroatoms. The highest BCUT2D eigenvalue weighted by atomic mass is 35.5. The summed E-state index contributed by atoms with van der Waals surface area (Å²) >= 11 is 5.94. The molecular weight excluding hydrogens is 344 g/mol. The van der Waals surface area contributed by atoms with E-state index in [0.717, 1.165) is 5.56 Å². The maximum absolute atomic E-state index is 12.0. The first-order valence-electron chi connectivity index (χ1n) is 7.66. The average Bonchev–Trinajstić information content (AvgIpc) is 2.64.